The molecule has 0 radical (unpaired) electrons. The molecule has 3 aromatic rings. The minimum Gasteiger partial charge on any atom is -0.376 e. The molecule has 23 heavy (non-hydrogen) atoms. The van der Waals surface area contributed by atoms with Gasteiger partial charge in [-0.1, -0.05) is 11.2 Å². The van der Waals surface area contributed by atoms with Gasteiger partial charge in [0.25, 0.3) is 5.89 Å². The number of nitrogens with zero attached hydrogens (tertiary/aromatic N) is 4. The maximum atomic E-state index is 5.62. The average Bonchev–Trinajstić information content (AvgIpc) is 3.34. The van der Waals surface area contributed by atoms with E-state index < -0.39 is 0 Å². The van der Waals surface area contributed by atoms with Crippen molar-refractivity contribution in [2.75, 3.05) is 18.5 Å². The van der Waals surface area contributed by atoms with Crippen LogP contribution in [0, 0.1) is 0 Å². The van der Waals surface area contributed by atoms with E-state index >= 15 is 0 Å². The second kappa shape index (κ2) is 6.43. The summed E-state index contributed by atoms with van der Waals surface area (Å²) in [5.74, 6) is 1.66. The van der Waals surface area contributed by atoms with Gasteiger partial charge in [0.1, 0.15) is 17.7 Å². The summed E-state index contributed by atoms with van der Waals surface area (Å²) in [6.07, 6.45) is 5.57. The average molecular weight is 329 g/mol. The first-order valence-electron chi connectivity index (χ1n) is 7.43. The first kappa shape index (κ1) is 14.3. The van der Waals surface area contributed by atoms with Gasteiger partial charge in [-0.2, -0.15) is 4.98 Å². The predicted molar refractivity (Wildman–Crippen MR) is 86.1 cm³/mol. The molecule has 1 aliphatic heterocycles. The number of ether oxygens (including phenoxy) is 1. The second-order valence-corrected chi connectivity index (χ2v) is 6.15. The van der Waals surface area contributed by atoms with Crippen molar-refractivity contribution in [1.29, 1.82) is 0 Å². The largest absolute Gasteiger partial charge is 0.376 e. The van der Waals surface area contributed by atoms with E-state index in [2.05, 4.69) is 25.4 Å². The second-order valence-electron chi connectivity index (χ2n) is 5.20. The van der Waals surface area contributed by atoms with Gasteiger partial charge in [-0.25, -0.2) is 9.97 Å². The van der Waals surface area contributed by atoms with Gasteiger partial charge in [-0.3, -0.25) is 0 Å². The van der Waals surface area contributed by atoms with E-state index in [1.54, 1.807) is 17.5 Å². The van der Waals surface area contributed by atoms with E-state index in [0.717, 1.165) is 24.3 Å². The van der Waals surface area contributed by atoms with E-state index in [4.69, 9.17) is 9.26 Å². The van der Waals surface area contributed by atoms with Crippen LogP contribution in [0.2, 0.25) is 0 Å². The summed E-state index contributed by atoms with van der Waals surface area (Å²) in [4.78, 5) is 13.8. The molecule has 0 spiro atoms. The van der Waals surface area contributed by atoms with Gasteiger partial charge >= 0.3 is 0 Å². The summed E-state index contributed by atoms with van der Waals surface area (Å²) in [7, 11) is 0. The van der Waals surface area contributed by atoms with Crippen molar-refractivity contribution in [3.05, 3.63) is 30.0 Å². The molecule has 3 aromatic heterocycles. The summed E-state index contributed by atoms with van der Waals surface area (Å²) in [5, 5.41) is 9.30. The number of aromatic nitrogens is 4. The van der Waals surface area contributed by atoms with Crippen LogP contribution in [0.3, 0.4) is 0 Å². The summed E-state index contributed by atoms with van der Waals surface area (Å²) in [6, 6.07) is 3.91. The standard InChI is InChI=1S/C15H15N5O2S/c1-3-10(21-5-1)7-17-13-11(8-16-9-18-13)15-19-14(20-22-15)12-4-2-6-23-12/h2,4,6,8-10H,1,3,5,7H2,(H,16,17,18). The number of anilines is 1. The van der Waals surface area contributed by atoms with Crippen LogP contribution in [0.4, 0.5) is 5.82 Å². The lowest BCUT2D eigenvalue weighted by Gasteiger charge is -2.12. The van der Waals surface area contributed by atoms with Crippen LogP contribution in [0.15, 0.2) is 34.6 Å². The molecule has 0 saturated carbocycles. The molecule has 8 heteroatoms. The third kappa shape index (κ3) is 3.08. The molecule has 1 saturated heterocycles. The van der Waals surface area contributed by atoms with Gasteiger partial charge in [-0.05, 0) is 24.3 Å². The number of nitrogens with one attached hydrogen (secondary N) is 1. The fourth-order valence-corrected chi connectivity index (χ4v) is 3.13. The highest BCUT2D eigenvalue weighted by atomic mass is 32.1. The minimum absolute atomic E-state index is 0.224. The molecule has 1 fully saturated rings. The van der Waals surface area contributed by atoms with Gasteiger partial charge in [-0.15, -0.1) is 11.3 Å². The lowest BCUT2D eigenvalue weighted by atomic mass is 10.2. The van der Waals surface area contributed by atoms with Gasteiger partial charge in [0, 0.05) is 19.3 Å². The molecule has 7 nitrogen and oxygen atoms in total. The lowest BCUT2D eigenvalue weighted by Crippen LogP contribution is -2.19. The lowest BCUT2D eigenvalue weighted by molar-refractivity contribution is 0.120. The maximum Gasteiger partial charge on any atom is 0.263 e. The quantitative estimate of drug-likeness (QED) is 0.770. The van der Waals surface area contributed by atoms with Gasteiger partial charge in [0.05, 0.1) is 11.0 Å². The van der Waals surface area contributed by atoms with Crippen LogP contribution in [0.25, 0.3) is 22.2 Å². The smallest absolute Gasteiger partial charge is 0.263 e. The Balaban J connectivity index is 1.56. The van der Waals surface area contributed by atoms with Gasteiger partial charge in [0.2, 0.25) is 5.82 Å². The van der Waals surface area contributed by atoms with Crippen LogP contribution in [0.1, 0.15) is 12.8 Å². The number of hydrogen-bond donors (Lipinski definition) is 1. The Hall–Kier alpha value is -2.32. The van der Waals surface area contributed by atoms with Crippen molar-refractivity contribution in [1.82, 2.24) is 20.1 Å². The third-order valence-corrected chi connectivity index (χ3v) is 4.50. The van der Waals surface area contributed by atoms with E-state index in [-0.39, 0.29) is 6.10 Å². The zero-order chi connectivity index (χ0) is 15.5. The molecule has 1 unspecified atom stereocenters. The Morgan fingerprint density at radius 1 is 1.39 bits per heavy atom. The van der Waals surface area contributed by atoms with Crippen LogP contribution < -0.4 is 5.32 Å². The minimum atomic E-state index is 0.224. The highest BCUT2D eigenvalue weighted by Crippen LogP contribution is 2.28. The molecule has 118 valence electrons. The Morgan fingerprint density at radius 3 is 3.22 bits per heavy atom. The first-order valence-corrected chi connectivity index (χ1v) is 8.31. The van der Waals surface area contributed by atoms with Crippen LogP contribution in [-0.4, -0.2) is 39.4 Å². The van der Waals surface area contributed by atoms with Crippen molar-refractivity contribution >= 4 is 17.2 Å². The Bertz CT molecular complexity index is 768. The van der Waals surface area contributed by atoms with E-state index in [1.165, 1.54) is 6.33 Å². The van der Waals surface area contributed by atoms with Crippen molar-refractivity contribution in [2.45, 2.75) is 18.9 Å². The summed E-state index contributed by atoms with van der Waals surface area (Å²) in [5.41, 5.74) is 0.695. The number of hydrogen-bond acceptors (Lipinski definition) is 8. The Morgan fingerprint density at radius 2 is 2.39 bits per heavy atom. The number of thiophene rings is 1. The number of rotatable bonds is 5. The molecular formula is C15H15N5O2S. The van der Waals surface area contributed by atoms with Crippen molar-refractivity contribution in [3.8, 4) is 22.2 Å². The Labute approximate surface area is 136 Å². The highest BCUT2D eigenvalue weighted by molar-refractivity contribution is 7.13. The van der Waals surface area contributed by atoms with Crippen LogP contribution >= 0.6 is 11.3 Å². The fraction of sp³-hybridized carbons (Fsp3) is 0.333. The zero-order valence-corrected chi connectivity index (χ0v) is 13.1. The molecule has 1 aliphatic rings. The van der Waals surface area contributed by atoms with E-state index in [9.17, 15) is 0 Å². The van der Waals surface area contributed by atoms with Crippen LogP contribution in [0.5, 0.6) is 0 Å². The summed E-state index contributed by atoms with van der Waals surface area (Å²) in [6.45, 7) is 1.53. The van der Waals surface area contributed by atoms with Gasteiger partial charge < -0.3 is 14.6 Å². The molecule has 0 bridgehead atoms. The monoisotopic (exact) mass is 329 g/mol. The van der Waals surface area contributed by atoms with E-state index in [1.807, 2.05) is 17.5 Å². The predicted octanol–water partition coefficient (Wildman–Crippen LogP) is 2.85. The van der Waals surface area contributed by atoms with Crippen LogP contribution in [-0.2, 0) is 4.74 Å². The SMILES string of the molecule is c1csc(-c2noc(-c3cncnc3NCC3CCCO3)n2)c1. The highest BCUT2D eigenvalue weighted by Gasteiger charge is 2.19. The van der Waals surface area contributed by atoms with Gasteiger partial charge in [0.15, 0.2) is 0 Å². The summed E-state index contributed by atoms with van der Waals surface area (Å²) >= 11 is 1.57. The Kier molecular flexibility index (Phi) is 3.99. The molecule has 0 amide bonds. The topological polar surface area (TPSA) is 86.0 Å². The zero-order valence-electron chi connectivity index (χ0n) is 12.3. The maximum absolute atomic E-state index is 5.62. The third-order valence-electron chi connectivity index (χ3n) is 3.63. The van der Waals surface area contributed by atoms with Crippen molar-refractivity contribution in [2.24, 2.45) is 0 Å². The molecule has 0 aliphatic carbocycles. The molecule has 4 heterocycles. The van der Waals surface area contributed by atoms with Crippen molar-refractivity contribution in [3.63, 3.8) is 0 Å². The first-order chi connectivity index (χ1) is 11.4. The fourth-order valence-electron chi connectivity index (χ4n) is 2.48. The molecule has 4 rings (SSSR count). The van der Waals surface area contributed by atoms with Crippen molar-refractivity contribution < 1.29 is 9.26 Å². The molecular weight excluding hydrogens is 314 g/mol. The molecule has 0 aromatic carbocycles. The van der Waals surface area contributed by atoms with E-state index in [0.29, 0.717) is 29.6 Å². The summed E-state index contributed by atoms with van der Waals surface area (Å²) < 4.78 is 11.0. The molecule has 1 N–H and O–H groups in total. The normalized spacial score (nSPS) is 17.5. The molecule has 1 atom stereocenters.